The number of hydrazine groups is 1. The van der Waals surface area contributed by atoms with E-state index in [1.807, 2.05) is 0 Å². The second-order valence-corrected chi connectivity index (χ2v) is 6.02. The quantitative estimate of drug-likeness (QED) is 0.395. The first-order chi connectivity index (χ1) is 14.0. The van der Waals surface area contributed by atoms with Crippen molar-refractivity contribution in [1.82, 2.24) is 15.4 Å². The SMILES string of the molecule is COc1ccccc1C(=O)NNc1ncnc(Nc2ccc(Cl)cc2)c1[N+](=O)[O-]. The van der Waals surface area contributed by atoms with E-state index in [0.29, 0.717) is 16.5 Å². The van der Waals surface area contributed by atoms with E-state index in [4.69, 9.17) is 16.3 Å². The van der Waals surface area contributed by atoms with Crippen LogP contribution in [0.3, 0.4) is 0 Å². The fourth-order valence-electron chi connectivity index (χ4n) is 2.42. The first-order valence-electron chi connectivity index (χ1n) is 8.21. The number of nitrogens with one attached hydrogen (secondary N) is 3. The van der Waals surface area contributed by atoms with Crippen molar-refractivity contribution >= 4 is 40.5 Å². The van der Waals surface area contributed by atoms with Gasteiger partial charge in [-0.2, -0.15) is 0 Å². The van der Waals surface area contributed by atoms with E-state index in [-0.39, 0.29) is 17.2 Å². The number of halogens is 1. The molecule has 0 aliphatic rings. The minimum absolute atomic E-state index is 0.0543. The van der Waals surface area contributed by atoms with Crippen molar-refractivity contribution in [3.63, 3.8) is 0 Å². The van der Waals surface area contributed by atoms with Crippen LogP contribution in [0.25, 0.3) is 0 Å². The smallest absolute Gasteiger partial charge is 0.355 e. The molecule has 0 aliphatic carbocycles. The van der Waals surface area contributed by atoms with Gasteiger partial charge in [-0.15, -0.1) is 0 Å². The van der Waals surface area contributed by atoms with Crippen LogP contribution in [0.2, 0.25) is 5.02 Å². The number of aromatic nitrogens is 2. The number of ether oxygens (including phenoxy) is 1. The first-order valence-corrected chi connectivity index (χ1v) is 8.58. The van der Waals surface area contributed by atoms with Gasteiger partial charge in [0.25, 0.3) is 5.91 Å². The number of nitro groups is 1. The zero-order valence-electron chi connectivity index (χ0n) is 15.0. The predicted octanol–water partition coefficient (Wildman–Crippen LogP) is 3.55. The molecule has 0 saturated heterocycles. The fraction of sp³-hybridized carbons (Fsp3) is 0.0556. The maximum Gasteiger partial charge on any atom is 0.355 e. The van der Waals surface area contributed by atoms with Gasteiger partial charge in [-0.25, -0.2) is 9.97 Å². The third-order valence-corrected chi connectivity index (χ3v) is 4.01. The first kappa shape index (κ1) is 19.8. The minimum Gasteiger partial charge on any atom is -0.496 e. The molecule has 0 unspecified atom stereocenters. The van der Waals surface area contributed by atoms with E-state index >= 15 is 0 Å². The Hall–Kier alpha value is -3.92. The number of benzene rings is 2. The molecule has 1 aromatic heterocycles. The van der Waals surface area contributed by atoms with Gasteiger partial charge in [0.05, 0.1) is 17.6 Å². The summed E-state index contributed by atoms with van der Waals surface area (Å²) < 4.78 is 5.13. The summed E-state index contributed by atoms with van der Waals surface area (Å²) in [6.07, 6.45) is 1.13. The Morgan fingerprint density at radius 3 is 2.48 bits per heavy atom. The highest BCUT2D eigenvalue weighted by atomic mass is 35.5. The van der Waals surface area contributed by atoms with Crippen LogP contribution in [0.1, 0.15) is 10.4 Å². The zero-order chi connectivity index (χ0) is 20.8. The van der Waals surface area contributed by atoms with Gasteiger partial charge >= 0.3 is 5.69 Å². The Morgan fingerprint density at radius 2 is 1.79 bits per heavy atom. The summed E-state index contributed by atoms with van der Waals surface area (Å²) in [5.74, 6) is -0.442. The van der Waals surface area contributed by atoms with Crippen LogP contribution in [0.5, 0.6) is 5.75 Å². The largest absolute Gasteiger partial charge is 0.496 e. The summed E-state index contributed by atoms with van der Waals surface area (Å²) in [4.78, 5) is 31.1. The van der Waals surface area contributed by atoms with E-state index in [1.54, 1.807) is 48.5 Å². The van der Waals surface area contributed by atoms with Gasteiger partial charge < -0.3 is 10.1 Å². The number of methoxy groups -OCH3 is 1. The van der Waals surface area contributed by atoms with E-state index < -0.39 is 16.5 Å². The summed E-state index contributed by atoms with van der Waals surface area (Å²) in [7, 11) is 1.43. The molecule has 0 aliphatic heterocycles. The van der Waals surface area contributed by atoms with Gasteiger partial charge in [0.15, 0.2) is 0 Å². The fourth-order valence-corrected chi connectivity index (χ4v) is 2.55. The Balaban J connectivity index is 1.83. The zero-order valence-corrected chi connectivity index (χ0v) is 15.8. The molecule has 0 saturated carbocycles. The number of hydrogen-bond donors (Lipinski definition) is 3. The third-order valence-electron chi connectivity index (χ3n) is 3.76. The second kappa shape index (κ2) is 8.85. The van der Waals surface area contributed by atoms with Gasteiger partial charge in [-0.05, 0) is 36.4 Å². The highest BCUT2D eigenvalue weighted by Crippen LogP contribution is 2.31. The highest BCUT2D eigenvalue weighted by molar-refractivity contribution is 6.30. The van der Waals surface area contributed by atoms with Gasteiger partial charge in [-0.3, -0.25) is 25.8 Å². The lowest BCUT2D eigenvalue weighted by Crippen LogP contribution is -2.30. The molecule has 0 spiro atoms. The van der Waals surface area contributed by atoms with E-state index in [2.05, 4.69) is 26.1 Å². The molecular weight excluding hydrogens is 400 g/mol. The standard InChI is InChI=1S/C18H15ClN6O4/c1-29-14-5-3-2-4-13(14)18(26)24-23-17-15(25(27)28)16(20-10-21-17)22-12-8-6-11(19)7-9-12/h2-10H,1H3,(H,24,26)(H2,20,21,22,23). The van der Waals surface area contributed by atoms with Crippen LogP contribution in [0.15, 0.2) is 54.9 Å². The molecule has 0 atom stereocenters. The number of nitrogens with zero attached hydrogens (tertiary/aromatic N) is 3. The molecule has 0 bridgehead atoms. The van der Waals surface area contributed by atoms with Crippen molar-refractivity contribution in [2.45, 2.75) is 0 Å². The number of carbonyl (C=O) groups excluding carboxylic acids is 1. The molecule has 29 heavy (non-hydrogen) atoms. The lowest BCUT2D eigenvalue weighted by molar-refractivity contribution is -0.383. The van der Waals surface area contributed by atoms with Crippen molar-refractivity contribution < 1.29 is 14.5 Å². The summed E-state index contributed by atoms with van der Waals surface area (Å²) >= 11 is 5.84. The number of carbonyl (C=O) groups is 1. The molecule has 10 nitrogen and oxygen atoms in total. The molecule has 0 radical (unpaired) electrons. The monoisotopic (exact) mass is 414 g/mol. The molecular formula is C18H15ClN6O4. The van der Waals surface area contributed by atoms with E-state index in [9.17, 15) is 14.9 Å². The Bertz CT molecular complexity index is 1040. The number of amides is 1. The number of hydrogen-bond acceptors (Lipinski definition) is 8. The molecule has 1 heterocycles. The summed E-state index contributed by atoms with van der Waals surface area (Å²) in [6, 6.07) is 13.1. The molecule has 3 rings (SSSR count). The van der Waals surface area contributed by atoms with Crippen LogP contribution in [0.4, 0.5) is 23.0 Å². The van der Waals surface area contributed by atoms with Gasteiger partial charge in [0.1, 0.15) is 12.1 Å². The van der Waals surface area contributed by atoms with Gasteiger partial charge in [0, 0.05) is 10.7 Å². The lowest BCUT2D eigenvalue weighted by atomic mass is 10.2. The summed E-state index contributed by atoms with van der Waals surface area (Å²) in [6.45, 7) is 0. The van der Waals surface area contributed by atoms with Crippen LogP contribution in [-0.4, -0.2) is 27.9 Å². The van der Waals surface area contributed by atoms with Crippen molar-refractivity contribution in [3.05, 3.63) is 75.6 Å². The predicted molar refractivity (Wildman–Crippen MR) is 108 cm³/mol. The number of anilines is 3. The van der Waals surface area contributed by atoms with Crippen molar-refractivity contribution in [3.8, 4) is 5.75 Å². The molecule has 11 heteroatoms. The Labute approximate surface area is 170 Å². The van der Waals surface area contributed by atoms with E-state index in [0.717, 1.165) is 6.33 Å². The molecule has 1 amide bonds. The second-order valence-electron chi connectivity index (χ2n) is 5.59. The third kappa shape index (κ3) is 4.68. The van der Waals surface area contributed by atoms with Gasteiger partial charge in [0.2, 0.25) is 11.6 Å². The van der Waals surface area contributed by atoms with Crippen LogP contribution in [0, 0.1) is 10.1 Å². The van der Waals surface area contributed by atoms with Crippen LogP contribution in [-0.2, 0) is 0 Å². The van der Waals surface area contributed by atoms with Crippen LogP contribution < -0.4 is 20.9 Å². The summed E-state index contributed by atoms with van der Waals surface area (Å²) in [5.41, 5.74) is 5.19. The summed E-state index contributed by atoms with van der Waals surface area (Å²) in [5, 5.41) is 15.0. The minimum atomic E-state index is -0.657. The maximum atomic E-state index is 12.4. The van der Waals surface area contributed by atoms with Crippen LogP contribution >= 0.6 is 11.6 Å². The van der Waals surface area contributed by atoms with E-state index in [1.165, 1.54) is 7.11 Å². The van der Waals surface area contributed by atoms with Crippen molar-refractivity contribution in [2.24, 2.45) is 0 Å². The Morgan fingerprint density at radius 1 is 1.10 bits per heavy atom. The highest BCUT2D eigenvalue weighted by Gasteiger charge is 2.24. The number of para-hydroxylation sites is 1. The van der Waals surface area contributed by atoms with Crippen molar-refractivity contribution in [2.75, 3.05) is 17.9 Å². The lowest BCUT2D eigenvalue weighted by Gasteiger charge is -2.12. The average molecular weight is 415 g/mol. The van der Waals surface area contributed by atoms with Crippen molar-refractivity contribution in [1.29, 1.82) is 0 Å². The Kier molecular flexibility index (Phi) is 6.05. The molecule has 148 valence electrons. The molecule has 0 fully saturated rings. The molecule has 3 N–H and O–H groups in total. The maximum absolute atomic E-state index is 12.4. The average Bonchev–Trinajstić information content (AvgIpc) is 2.73. The molecule has 2 aromatic carbocycles. The topological polar surface area (TPSA) is 131 Å². The molecule has 3 aromatic rings. The normalized spacial score (nSPS) is 10.1. The van der Waals surface area contributed by atoms with Gasteiger partial charge in [-0.1, -0.05) is 23.7 Å². The number of rotatable bonds is 7.